The van der Waals surface area contributed by atoms with Gasteiger partial charge in [-0.3, -0.25) is 0 Å². The first kappa shape index (κ1) is 16.7. The van der Waals surface area contributed by atoms with Crippen molar-refractivity contribution in [3.05, 3.63) is 29.8 Å². The van der Waals surface area contributed by atoms with E-state index in [1.165, 1.54) is 17.3 Å². The Bertz CT molecular complexity index is 726. The largest absolute Gasteiger partial charge is 0.493 e. The van der Waals surface area contributed by atoms with Crippen LogP contribution in [0.1, 0.15) is 17.9 Å². The third kappa shape index (κ3) is 3.21. The molecule has 0 spiro atoms. The highest BCUT2D eigenvalue weighted by atomic mass is 32.2. The first-order valence-corrected chi connectivity index (χ1v) is 9.03. The van der Waals surface area contributed by atoms with E-state index in [1.54, 1.807) is 14.2 Å². The van der Waals surface area contributed by atoms with Crippen LogP contribution in [0, 0.1) is 0 Å². The molecule has 1 unspecified atom stereocenters. The molecule has 1 aliphatic rings. The molecular weight excluding hydrogens is 324 g/mol. The number of hydrogen-bond acceptors (Lipinski definition) is 7. The van der Waals surface area contributed by atoms with E-state index < -0.39 is 0 Å². The molecule has 3 rings (SSSR count). The minimum atomic E-state index is 0.365. The zero-order valence-corrected chi connectivity index (χ0v) is 15.0. The molecule has 1 aromatic heterocycles. The number of methoxy groups -OCH3 is 2. The number of ether oxygens (including phenoxy) is 2. The minimum absolute atomic E-state index is 0.365. The maximum Gasteiger partial charge on any atom is 0.191 e. The Kier molecular flexibility index (Phi) is 4.99. The van der Waals surface area contributed by atoms with E-state index in [-0.39, 0.29) is 0 Å². The number of aromatic nitrogens is 2. The summed E-state index contributed by atoms with van der Waals surface area (Å²) in [5.74, 6) is 3.34. The lowest BCUT2D eigenvalue weighted by Gasteiger charge is -2.20. The number of thioether (sulfide) groups is 1. The smallest absolute Gasteiger partial charge is 0.191 e. The number of rotatable bonds is 5. The summed E-state index contributed by atoms with van der Waals surface area (Å²) < 4.78 is 11.0. The Morgan fingerprint density at radius 3 is 2.79 bits per heavy atom. The SMILES string of the molecule is COc1cccc(C2CCN(c3cc(N)nc(SC)n3)C2)c1OC. The lowest BCUT2D eigenvalue weighted by atomic mass is 9.97. The second kappa shape index (κ2) is 7.17. The van der Waals surface area contributed by atoms with Crippen molar-refractivity contribution in [3.63, 3.8) is 0 Å². The van der Waals surface area contributed by atoms with E-state index in [0.29, 0.717) is 16.9 Å². The van der Waals surface area contributed by atoms with Gasteiger partial charge >= 0.3 is 0 Å². The molecule has 0 radical (unpaired) electrons. The Hall–Kier alpha value is -2.15. The normalized spacial score (nSPS) is 17.1. The van der Waals surface area contributed by atoms with Crippen molar-refractivity contribution < 1.29 is 9.47 Å². The molecule has 7 heteroatoms. The summed E-state index contributed by atoms with van der Waals surface area (Å²) in [6.07, 6.45) is 2.98. The Morgan fingerprint density at radius 1 is 1.25 bits per heavy atom. The number of para-hydroxylation sites is 1. The standard InChI is InChI=1S/C17H22N4O2S/c1-22-13-6-4-5-12(16(13)23-2)11-7-8-21(10-11)15-9-14(18)19-17(20-15)24-3/h4-6,9,11H,7-8,10H2,1-3H3,(H2,18,19,20). The minimum Gasteiger partial charge on any atom is -0.493 e. The highest BCUT2D eigenvalue weighted by molar-refractivity contribution is 7.98. The van der Waals surface area contributed by atoms with Gasteiger partial charge in [-0.05, 0) is 18.7 Å². The van der Waals surface area contributed by atoms with Crippen LogP contribution in [0.25, 0.3) is 0 Å². The maximum absolute atomic E-state index is 5.90. The fourth-order valence-corrected chi connectivity index (χ4v) is 3.52. The zero-order valence-electron chi connectivity index (χ0n) is 14.2. The molecule has 0 amide bonds. The number of hydrogen-bond donors (Lipinski definition) is 1. The molecule has 1 saturated heterocycles. The Balaban J connectivity index is 1.85. The summed E-state index contributed by atoms with van der Waals surface area (Å²) in [5.41, 5.74) is 7.08. The lowest BCUT2D eigenvalue weighted by Crippen LogP contribution is -2.21. The molecule has 0 aliphatic carbocycles. The van der Waals surface area contributed by atoms with Crippen LogP contribution >= 0.6 is 11.8 Å². The molecule has 2 heterocycles. The first-order chi connectivity index (χ1) is 11.7. The van der Waals surface area contributed by atoms with E-state index in [4.69, 9.17) is 15.2 Å². The van der Waals surface area contributed by atoms with Gasteiger partial charge in [0, 0.05) is 30.6 Å². The molecule has 6 nitrogen and oxygen atoms in total. The van der Waals surface area contributed by atoms with Gasteiger partial charge in [-0.15, -0.1) is 0 Å². The van der Waals surface area contributed by atoms with Gasteiger partial charge in [-0.25, -0.2) is 9.97 Å². The summed E-state index contributed by atoms with van der Waals surface area (Å²) >= 11 is 1.50. The van der Waals surface area contributed by atoms with Crippen molar-refractivity contribution in [2.24, 2.45) is 0 Å². The van der Waals surface area contributed by atoms with Crippen LogP contribution in [0.3, 0.4) is 0 Å². The summed E-state index contributed by atoms with van der Waals surface area (Å²) in [4.78, 5) is 11.0. The van der Waals surface area contributed by atoms with Crippen LogP contribution in [0.2, 0.25) is 0 Å². The van der Waals surface area contributed by atoms with E-state index in [1.807, 2.05) is 24.5 Å². The van der Waals surface area contributed by atoms with Gasteiger partial charge < -0.3 is 20.1 Å². The van der Waals surface area contributed by atoms with Crippen LogP contribution in [-0.2, 0) is 0 Å². The summed E-state index contributed by atoms with van der Waals surface area (Å²) in [7, 11) is 3.35. The van der Waals surface area contributed by atoms with E-state index in [9.17, 15) is 0 Å². The van der Waals surface area contributed by atoms with Gasteiger partial charge in [0.2, 0.25) is 0 Å². The van der Waals surface area contributed by atoms with Crippen molar-refractivity contribution in [2.45, 2.75) is 17.5 Å². The average Bonchev–Trinajstić information content (AvgIpc) is 3.10. The summed E-state index contributed by atoms with van der Waals surface area (Å²) in [5, 5.41) is 0.701. The molecule has 1 aromatic carbocycles. The number of nitrogens with zero attached hydrogens (tertiary/aromatic N) is 3. The highest BCUT2D eigenvalue weighted by Gasteiger charge is 2.28. The van der Waals surface area contributed by atoms with Gasteiger partial charge in [0.15, 0.2) is 16.7 Å². The topological polar surface area (TPSA) is 73.5 Å². The Morgan fingerprint density at radius 2 is 2.08 bits per heavy atom. The van der Waals surface area contributed by atoms with Crippen molar-refractivity contribution >= 4 is 23.4 Å². The summed E-state index contributed by atoms with van der Waals surface area (Å²) in [6, 6.07) is 7.88. The van der Waals surface area contributed by atoms with Gasteiger partial charge in [0.05, 0.1) is 14.2 Å². The summed E-state index contributed by atoms with van der Waals surface area (Å²) in [6.45, 7) is 1.79. The monoisotopic (exact) mass is 346 g/mol. The van der Waals surface area contributed by atoms with Gasteiger partial charge in [0.25, 0.3) is 0 Å². The van der Waals surface area contributed by atoms with E-state index in [2.05, 4.69) is 20.9 Å². The second-order valence-electron chi connectivity index (χ2n) is 5.65. The lowest BCUT2D eigenvalue weighted by molar-refractivity contribution is 0.350. The van der Waals surface area contributed by atoms with Crippen LogP contribution in [0.15, 0.2) is 29.4 Å². The predicted molar refractivity (Wildman–Crippen MR) is 97.3 cm³/mol. The predicted octanol–water partition coefficient (Wildman–Crippen LogP) is 2.79. The van der Waals surface area contributed by atoms with Crippen molar-refractivity contribution in [2.75, 3.05) is 44.2 Å². The highest BCUT2D eigenvalue weighted by Crippen LogP contribution is 2.40. The third-order valence-electron chi connectivity index (χ3n) is 4.28. The van der Waals surface area contributed by atoms with Crippen molar-refractivity contribution in [1.82, 2.24) is 9.97 Å². The van der Waals surface area contributed by atoms with Crippen molar-refractivity contribution in [1.29, 1.82) is 0 Å². The van der Waals surface area contributed by atoms with Crippen LogP contribution in [-0.4, -0.2) is 43.5 Å². The third-order valence-corrected chi connectivity index (χ3v) is 4.83. The van der Waals surface area contributed by atoms with E-state index >= 15 is 0 Å². The first-order valence-electron chi connectivity index (χ1n) is 7.80. The maximum atomic E-state index is 5.90. The van der Waals surface area contributed by atoms with E-state index in [0.717, 1.165) is 36.8 Å². The fraction of sp³-hybridized carbons (Fsp3) is 0.412. The van der Waals surface area contributed by atoms with Crippen LogP contribution in [0.5, 0.6) is 11.5 Å². The molecule has 1 fully saturated rings. The quantitative estimate of drug-likeness (QED) is 0.659. The molecule has 0 saturated carbocycles. The second-order valence-corrected chi connectivity index (χ2v) is 6.43. The molecule has 1 aliphatic heterocycles. The zero-order chi connectivity index (χ0) is 17.1. The number of benzene rings is 1. The van der Waals surface area contributed by atoms with Crippen LogP contribution < -0.4 is 20.1 Å². The molecule has 24 heavy (non-hydrogen) atoms. The van der Waals surface area contributed by atoms with Gasteiger partial charge in [0.1, 0.15) is 11.6 Å². The number of anilines is 2. The number of nitrogen functional groups attached to an aromatic ring is 1. The molecule has 0 bridgehead atoms. The average molecular weight is 346 g/mol. The van der Waals surface area contributed by atoms with Crippen molar-refractivity contribution in [3.8, 4) is 11.5 Å². The molecule has 2 N–H and O–H groups in total. The molecular formula is C17H22N4O2S. The molecule has 1 atom stereocenters. The van der Waals surface area contributed by atoms with Gasteiger partial charge in [-0.1, -0.05) is 23.9 Å². The van der Waals surface area contributed by atoms with Crippen LogP contribution in [0.4, 0.5) is 11.6 Å². The molecule has 2 aromatic rings. The fourth-order valence-electron chi connectivity index (χ4n) is 3.14. The molecule has 128 valence electrons. The number of nitrogens with two attached hydrogens (primary N) is 1. The Labute approximate surface area is 146 Å². The van der Waals surface area contributed by atoms with Gasteiger partial charge in [-0.2, -0.15) is 0 Å².